The van der Waals surface area contributed by atoms with E-state index in [9.17, 15) is 9.90 Å². The van der Waals surface area contributed by atoms with E-state index in [2.05, 4.69) is 10.1 Å². The fourth-order valence-electron chi connectivity index (χ4n) is 1.96. The molecule has 1 aromatic carbocycles. The molecule has 0 aromatic heterocycles. The molecule has 0 aliphatic rings. The van der Waals surface area contributed by atoms with Gasteiger partial charge in [-0.05, 0) is 30.7 Å². The minimum absolute atomic E-state index is 0.0507. The molecule has 2 unspecified atom stereocenters. The second-order valence-electron chi connectivity index (χ2n) is 4.64. The van der Waals surface area contributed by atoms with Crippen LogP contribution in [0.2, 0.25) is 0 Å². The second-order valence-corrected chi connectivity index (χ2v) is 4.64. The van der Waals surface area contributed by atoms with Gasteiger partial charge in [-0.3, -0.25) is 4.79 Å². The number of aliphatic hydroxyl groups excluding tert-OH is 2. The van der Waals surface area contributed by atoms with Gasteiger partial charge in [0.15, 0.2) is 0 Å². The minimum atomic E-state index is -0.853. The Morgan fingerprint density at radius 2 is 1.95 bits per heavy atom. The summed E-state index contributed by atoms with van der Waals surface area (Å²) in [6.07, 6.45) is -0.254. The fraction of sp³-hybridized carbons (Fsp3) is 0.533. The predicted molar refractivity (Wildman–Crippen MR) is 78.1 cm³/mol. The molecule has 0 heterocycles. The van der Waals surface area contributed by atoms with Crippen molar-refractivity contribution in [3.8, 4) is 5.75 Å². The van der Waals surface area contributed by atoms with Crippen LogP contribution in [0.5, 0.6) is 5.75 Å². The van der Waals surface area contributed by atoms with Gasteiger partial charge in [-0.15, -0.1) is 0 Å². The number of benzene rings is 1. The average molecular weight is 297 g/mol. The van der Waals surface area contributed by atoms with Gasteiger partial charge in [0.1, 0.15) is 5.75 Å². The number of aliphatic hydroxyl groups is 2. The van der Waals surface area contributed by atoms with E-state index < -0.39 is 18.1 Å². The molecule has 0 radical (unpaired) electrons. The number of hydrogen-bond donors (Lipinski definition) is 3. The number of ether oxygens (including phenoxy) is 2. The van der Waals surface area contributed by atoms with Crippen molar-refractivity contribution >= 4 is 5.97 Å². The first-order chi connectivity index (χ1) is 10.1. The summed E-state index contributed by atoms with van der Waals surface area (Å²) in [5.41, 5.74) is 0.682. The largest absolute Gasteiger partial charge is 0.497 e. The third kappa shape index (κ3) is 5.71. The Labute approximate surface area is 124 Å². The first-order valence-corrected chi connectivity index (χ1v) is 6.85. The zero-order valence-corrected chi connectivity index (χ0v) is 12.4. The van der Waals surface area contributed by atoms with Gasteiger partial charge in [0.05, 0.1) is 26.7 Å². The van der Waals surface area contributed by atoms with Crippen molar-refractivity contribution in [2.75, 3.05) is 27.4 Å². The molecule has 6 nitrogen and oxygen atoms in total. The number of methoxy groups -OCH3 is 2. The molecule has 0 amide bonds. The summed E-state index contributed by atoms with van der Waals surface area (Å²) >= 11 is 0. The molecule has 3 N–H and O–H groups in total. The summed E-state index contributed by atoms with van der Waals surface area (Å²) in [7, 11) is 2.88. The van der Waals surface area contributed by atoms with Crippen molar-refractivity contribution in [1.29, 1.82) is 0 Å². The second kappa shape index (κ2) is 9.33. The highest BCUT2D eigenvalue weighted by atomic mass is 16.5. The Bertz CT molecular complexity index is 421. The Balaban J connectivity index is 2.75. The third-order valence-corrected chi connectivity index (χ3v) is 3.19. The number of carbonyl (C=O) groups excluding carboxylic acids is 1. The molecule has 0 bridgehead atoms. The van der Waals surface area contributed by atoms with Gasteiger partial charge in [-0.2, -0.15) is 0 Å². The van der Waals surface area contributed by atoms with Gasteiger partial charge in [0.2, 0.25) is 0 Å². The highest BCUT2D eigenvalue weighted by Crippen LogP contribution is 2.22. The van der Waals surface area contributed by atoms with E-state index in [1.807, 2.05) is 0 Å². The normalized spacial score (nSPS) is 13.5. The van der Waals surface area contributed by atoms with Gasteiger partial charge in [0, 0.05) is 12.6 Å². The number of hydrogen-bond acceptors (Lipinski definition) is 6. The molecule has 0 saturated heterocycles. The summed E-state index contributed by atoms with van der Waals surface area (Å²) in [5.74, 6) is 0.299. The molecular weight excluding hydrogens is 274 g/mol. The molecule has 1 rings (SSSR count). The quantitative estimate of drug-likeness (QED) is 0.458. The third-order valence-electron chi connectivity index (χ3n) is 3.19. The monoisotopic (exact) mass is 297 g/mol. The first kappa shape index (κ1) is 17.4. The van der Waals surface area contributed by atoms with E-state index in [4.69, 9.17) is 9.84 Å². The SMILES string of the molecule is COC(=O)CC(NCCCO)C(O)c1ccc(OC)cc1. The minimum Gasteiger partial charge on any atom is -0.497 e. The van der Waals surface area contributed by atoms with Crippen LogP contribution in [0.15, 0.2) is 24.3 Å². The Morgan fingerprint density at radius 1 is 1.29 bits per heavy atom. The van der Waals surface area contributed by atoms with Crippen molar-refractivity contribution in [3.63, 3.8) is 0 Å². The molecule has 0 fully saturated rings. The molecule has 6 heteroatoms. The van der Waals surface area contributed by atoms with Crippen molar-refractivity contribution < 1.29 is 24.5 Å². The summed E-state index contributed by atoms with van der Waals surface area (Å²) in [5, 5.41) is 22.3. The molecule has 21 heavy (non-hydrogen) atoms. The summed E-state index contributed by atoms with van der Waals surface area (Å²) in [6, 6.07) is 6.53. The highest BCUT2D eigenvalue weighted by molar-refractivity contribution is 5.70. The van der Waals surface area contributed by atoms with E-state index in [1.54, 1.807) is 31.4 Å². The lowest BCUT2D eigenvalue weighted by molar-refractivity contribution is -0.142. The van der Waals surface area contributed by atoms with Crippen LogP contribution in [0, 0.1) is 0 Å². The molecule has 1 aromatic rings. The van der Waals surface area contributed by atoms with E-state index in [-0.39, 0.29) is 13.0 Å². The van der Waals surface area contributed by atoms with Gasteiger partial charge in [-0.1, -0.05) is 12.1 Å². The van der Waals surface area contributed by atoms with Crippen LogP contribution in [0.1, 0.15) is 24.5 Å². The molecule has 0 aliphatic carbocycles. The number of esters is 1. The maximum atomic E-state index is 11.4. The van der Waals surface area contributed by atoms with Gasteiger partial charge in [0.25, 0.3) is 0 Å². The molecule has 0 spiro atoms. The van der Waals surface area contributed by atoms with E-state index in [0.29, 0.717) is 24.3 Å². The maximum Gasteiger partial charge on any atom is 0.307 e. The lowest BCUT2D eigenvalue weighted by Gasteiger charge is -2.23. The van der Waals surface area contributed by atoms with Crippen LogP contribution in [0.3, 0.4) is 0 Å². The van der Waals surface area contributed by atoms with Crippen LogP contribution in [0.4, 0.5) is 0 Å². The lowest BCUT2D eigenvalue weighted by Crippen LogP contribution is -2.38. The van der Waals surface area contributed by atoms with Crippen LogP contribution in [0.25, 0.3) is 0 Å². The molecule has 0 aliphatic heterocycles. The summed E-state index contributed by atoms with van der Waals surface area (Å²) in [4.78, 5) is 11.4. The number of nitrogens with one attached hydrogen (secondary N) is 1. The molecular formula is C15H23NO5. The standard InChI is InChI=1S/C15H23NO5/c1-20-12-6-4-11(5-7-12)15(19)13(10-14(18)21-2)16-8-3-9-17/h4-7,13,15-17,19H,3,8-10H2,1-2H3. The smallest absolute Gasteiger partial charge is 0.307 e. The number of rotatable bonds is 9. The molecule has 118 valence electrons. The van der Waals surface area contributed by atoms with E-state index in [1.165, 1.54) is 7.11 Å². The van der Waals surface area contributed by atoms with Crippen molar-refractivity contribution in [1.82, 2.24) is 5.32 Å². The van der Waals surface area contributed by atoms with Crippen LogP contribution in [-0.2, 0) is 9.53 Å². The van der Waals surface area contributed by atoms with Crippen molar-refractivity contribution in [2.45, 2.75) is 25.0 Å². The fourth-order valence-corrected chi connectivity index (χ4v) is 1.96. The number of carbonyl (C=O) groups is 1. The highest BCUT2D eigenvalue weighted by Gasteiger charge is 2.23. The van der Waals surface area contributed by atoms with Crippen LogP contribution < -0.4 is 10.1 Å². The zero-order chi connectivity index (χ0) is 15.7. The van der Waals surface area contributed by atoms with Gasteiger partial charge < -0.3 is 25.0 Å². The van der Waals surface area contributed by atoms with Crippen molar-refractivity contribution in [3.05, 3.63) is 29.8 Å². The summed E-state index contributed by atoms with van der Waals surface area (Å²) in [6.45, 7) is 0.557. The Hall–Kier alpha value is -1.63. The molecule has 0 saturated carbocycles. The zero-order valence-electron chi connectivity index (χ0n) is 12.4. The first-order valence-electron chi connectivity index (χ1n) is 6.85. The van der Waals surface area contributed by atoms with E-state index in [0.717, 1.165) is 0 Å². The van der Waals surface area contributed by atoms with Gasteiger partial charge >= 0.3 is 5.97 Å². The Kier molecular flexibility index (Phi) is 7.74. The van der Waals surface area contributed by atoms with E-state index >= 15 is 0 Å². The van der Waals surface area contributed by atoms with Crippen LogP contribution >= 0.6 is 0 Å². The summed E-state index contributed by atoms with van der Waals surface area (Å²) < 4.78 is 9.72. The van der Waals surface area contributed by atoms with Crippen molar-refractivity contribution in [2.24, 2.45) is 0 Å². The van der Waals surface area contributed by atoms with Gasteiger partial charge in [-0.25, -0.2) is 0 Å². The topological polar surface area (TPSA) is 88.0 Å². The average Bonchev–Trinajstić information content (AvgIpc) is 2.53. The predicted octanol–water partition coefficient (Wildman–Crippen LogP) is 0.632. The molecule has 2 atom stereocenters. The lowest BCUT2D eigenvalue weighted by atomic mass is 9.99. The maximum absolute atomic E-state index is 11.4. The Morgan fingerprint density at radius 3 is 2.48 bits per heavy atom. The van der Waals surface area contributed by atoms with Crippen LogP contribution in [-0.4, -0.2) is 49.6 Å².